The lowest BCUT2D eigenvalue weighted by Crippen LogP contribution is -2.50. The SMILES string of the molecule is Cc1cc(N2CCCC2)nc(N2CCN(C(=O)Nc3ccc4c(c3)OCCO4)CC2)n1. The molecule has 2 fully saturated rings. The number of rotatable bonds is 3. The molecule has 1 aromatic heterocycles. The third-order valence-corrected chi connectivity index (χ3v) is 5.90. The van der Waals surface area contributed by atoms with E-state index in [1.54, 1.807) is 0 Å². The minimum absolute atomic E-state index is 0.112. The molecule has 0 saturated carbocycles. The average Bonchev–Trinajstić information content (AvgIpc) is 3.34. The monoisotopic (exact) mass is 424 g/mol. The Hall–Kier alpha value is -3.23. The number of anilines is 3. The van der Waals surface area contributed by atoms with Gasteiger partial charge < -0.3 is 29.5 Å². The smallest absolute Gasteiger partial charge is 0.321 e. The van der Waals surface area contributed by atoms with Gasteiger partial charge in [0.2, 0.25) is 5.95 Å². The fourth-order valence-electron chi connectivity index (χ4n) is 4.22. The van der Waals surface area contributed by atoms with E-state index in [2.05, 4.69) is 26.2 Å². The molecule has 0 atom stereocenters. The molecule has 3 aliphatic heterocycles. The van der Waals surface area contributed by atoms with Crippen molar-refractivity contribution in [1.82, 2.24) is 14.9 Å². The molecule has 9 nitrogen and oxygen atoms in total. The molecule has 2 saturated heterocycles. The minimum Gasteiger partial charge on any atom is -0.486 e. The highest BCUT2D eigenvalue weighted by Gasteiger charge is 2.24. The summed E-state index contributed by atoms with van der Waals surface area (Å²) in [4.78, 5) is 28.5. The number of aryl methyl sites for hydroxylation is 1. The topological polar surface area (TPSA) is 83.1 Å². The van der Waals surface area contributed by atoms with Gasteiger partial charge in [0.05, 0.1) is 0 Å². The number of carbonyl (C=O) groups excluding carboxylic acids is 1. The predicted molar refractivity (Wildman–Crippen MR) is 118 cm³/mol. The molecule has 0 bridgehead atoms. The maximum Gasteiger partial charge on any atom is 0.321 e. The van der Waals surface area contributed by atoms with Crippen molar-refractivity contribution in [2.45, 2.75) is 19.8 Å². The van der Waals surface area contributed by atoms with Crippen molar-refractivity contribution in [2.75, 3.05) is 67.6 Å². The molecule has 0 radical (unpaired) electrons. The van der Waals surface area contributed by atoms with E-state index < -0.39 is 0 Å². The number of hydrogen-bond acceptors (Lipinski definition) is 7. The lowest BCUT2D eigenvalue weighted by atomic mass is 10.2. The van der Waals surface area contributed by atoms with Crippen LogP contribution in [0.5, 0.6) is 11.5 Å². The van der Waals surface area contributed by atoms with E-state index in [0.717, 1.165) is 30.5 Å². The molecule has 9 heteroatoms. The number of hydrogen-bond donors (Lipinski definition) is 1. The molecule has 4 heterocycles. The van der Waals surface area contributed by atoms with Crippen LogP contribution in [0.1, 0.15) is 18.5 Å². The maximum atomic E-state index is 12.7. The van der Waals surface area contributed by atoms with Crippen LogP contribution in [-0.2, 0) is 0 Å². The number of benzene rings is 1. The van der Waals surface area contributed by atoms with Crippen LogP contribution in [0.25, 0.3) is 0 Å². The molecule has 164 valence electrons. The van der Waals surface area contributed by atoms with Crippen LogP contribution in [0.15, 0.2) is 24.3 Å². The predicted octanol–water partition coefficient (Wildman–Crippen LogP) is 2.51. The van der Waals surface area contributed by atoms with E-state index in [4.69, 9.17) is 14.5 Å². The third-order valence-electron chi connectivity index (χ3n) is 5.90. The number of fused-ring (bicyclic) bond motifs is 1. The zero-order valence-corrected chi connectivity index (χ0v) is 17.8. The van der Waals surface area contributed by atoms with E-state index in [1.165, 1.54) is 12.8 Å². The van der Waals surface area contributed by atoms with E-state index >= 15 is 0 Å². The minimum atomic E-state index is -0.112. The van der Waals surface area contributed by atoms with Crippen molar-refractivity contribution in [3.8, 4) is 11.5 Å². The van der Waals surface area contributed by atoms with Crippen molar-refractivity contribution in [3.05, 3.63) is 30.0 Å². The molecule has 0 unspecified atom stereocenters. The first kappa shape index (κ1) is 19.7. The average molecular weight is 425 g/mol. The van der Waals surface area contributed by atoms with E-state index in [0.29, 0.717) is 56.6 Å². The van der Waals surface area contributed by atoms with Crippen LogP contribution in [0.2, 0.25) is 0 Å². The number of nitrogens with zero attached hydrogens (tertiary/aromatic N) is 5. The number of urea groups is 1. The van der Waals surface area contributed by atoms with E-state index in [-0.39, 0.29) is 6.03 Å². The highest BCUT2D eigenvalue weighted by atomic mass is 16.6. The molecule has 0 spiro atoms. The summed E-state index contributed by atoms with van der Waals surface area (Å²) >= 11 is 0. The second kappa shape index (κ2) is 8.49. The Balaban J connectivity index is 1.20. The molecular weight excluding hydrogens is 396 g/mol. The van der Waals surface area contributed by atoms with Crippen molar-refractivity contribution < 1.29 is 14.3 Å². The van der Waals surface area contributed by atoms with Gasteiger partial charge in [-0.25, -0.2) is 9.78 Å². The Bertz CT molecular complexity index is 954. The van der Waals surface area contributed by atoms with Crippen LogP contribution in [0.3, 0.4) is 0 Å². The zero-order chi connectivity index (χ0) is 21.2. The molecule has 1 aromatic carbocycles. The fraction of sp³-hybridized carbons (Fsp3) is 0.500. The standard InChI is InChI=1S/C22H28N6O3/c1-16-14-20(26-6-2-3-7-26)25-21(23-16)27-8-10-28(11-9-27)22(29)24-17-4-5-18-19(15-17)31-13-12-30-18/h4-5,14-15H,2-3,6-13H2,1H3,(H,24,29). The Morgan fingerprint density at radius 2 is 1.65 bits per heavy atom. The van der Waals surface area contributed by atoms with Crippen LogP contribution < -0.4 is 24.6 Å². The summed E-state index contributed by atoms with van der Waals surface area (Å²) in [5.74, 6) is 3.15. The Morgan fingerprint density at radius 3 is 2.42 bits per heavy atom. The largest absolute Gasteiger partial charge is 0.486 e. The summed E-state index contributed by atoms with van der Waals surface area (Å²) in [6.07, 6.45) is 2.44. The second-order valence-corrected chi connectivity index (χ2v) is 8.12. The summed E-state index contributed by atoms with van der Waals surface area (Å²) in [7, 11) is 0. The van der Waals surface area contributed by atoms with Crippen LogP contribution in [0.4, 0.5) is 22.2 Å². The van der Waals surface area contributed by atoms with Gasteiger partial charge in [-0.1, -0.05) is 0 Å². The highest BCUT2D eigenvalue weighted by molar-refractivity contribution is 5.90. The first-order chi connectivity index (χ1) is 15.2. The lowest BCUT2D eigenvalue weighted by Gasteiger charge is -2.35. The molecule has 5 rings (SSSR count). The van der Waals surface area contributed by atoms with E-state index in [1.807, 2.05) is 30.0 Å². The highest BCUT2D eigenvalue weighted by Crippen LogP contribution is 2.32. The number of ether oxygens (including phenoxy) is 2. The van der Waals surface area contributed by atoms with Crippen molar-refractivity contribution in [1.29, 1.82) is 0 Å². The number of aromatic nitrogens is 2. The van der Waals surface area contributed by atoms with Gasteiger partial charge in [-0.05, 0) is 31.9 Å². The molecule has 2 aromatic rings. The number of piperazine rings is 1. The Labute approximate surface area is 182 Å². The zero-order valence-electron chi connectivity index (χ0n) is 17.8. The molecule has 0 aliphatic carbocycles. The summed E-state index contributed by atoms with van der Waals surface area (Å²) in [6, 6.07) is 7.42. The van der Waals surface area contributed by atoms with Gasteiger partial charge in [-0.15, -0.1) is 0 Å². The Morgan fingerprint density at radius 1 is 0.903 bits per heavy atom. The van der Waals surface area contributed by atoms with Gasteiger partial charge in [-0.3, -0.25) is 0 Å². The van der Waals surface area contributed by atoms with Crippen LogP contribution in [0, 0.1) is 6.92 Å². The van der Waals surface area contributed by atoms with Gasteiger partial charge in [0.15, 0.2) is 11.5 Å². The van der Waals surface area contributed by atoms with Crippen LogP contribution in [-0.4, -0.2) is 73.4 Å². The van der Waals surface area contributed by atoms with Gasteiger partial charge in [0.25, 0.3) is 0 Å². The summed E-state index contributed by atoms with van der Waals surface area (Å²) < 4.78 is 11.1. The first-order valence-corrected chi connectivity index (χ1v) is 11.0. The fourth-order valence-corrected chi connectivity index (χ4v) is 4.22. The molecular formula is C22H28N6O3. The summed E-state index contributed by atoms with van der Waals surface area (Å²) in [5, 5.41) is 2.97. The number of nitrogens with one attached hydrogen (secondary N) is 1. The van der Waals surface area contributed by atoms with Gasteiger partial charge in [0.1, 0.15) is 19.0 Å². The maximum absolute atomic E-state index is 12.7. The lowest BCUT2D eigenvalue weighted by molar-refractivity contribution is 0.171. The van der Waals surface area contributed by atoms with Crippen molar-refractivity contribution in [2.24, 2.45) is 0 Å². The van der Waals surface area contributed by atoms with Gasteiger partial charge >= 0.3 is 6.03 Å². The summed E-state index contributed by atoms with van der Waals surface area (Å²) in [5.41, 5.74) is 1.68. The van der Waals surface area contributed by atoms with Crippen LogP contribution >= 0.6 is 0 Å². The van der Waals surface area contributed by atoms with Crippen molar-refractivity contribution in [3.63, 3.8) is 0 Å². The quantitative estimate of drug-likeness (QED) is 0.811. The number of amides is 2. The molecule has 2 amide bonds. The first-order valence-electron chi connectivity index (χ1n) is 11.0. The van der Waals surface area contributed by atoms with Gasteiger partial charge in [-0.2, -0.15) is 4.98 Å². The number of carbonyl (C=O) groups is 1. The van der Waals surface area contributed by atoms with Crippen molar-refractivity contribution >= 4 is 23.5 Å². The molecule has 3 aliphatic rings. The molecule has 31 heavy (non-hydrogen) atoms. The van der Waals surface area contributed by atoms with E-state index in [9.17, 15) is 4.79 Å². The Kier molecular flexibility index (Phi) is 5.40. The second-order valence-electron chi connectivity index (χ2n) is 8.12. The molecule has 1 N–H and O–H groups in total. The van der Waals surface area contributed by atoms with Gasteiger partial charge in [0, 0.05) is 62.8 Å². The third kappa shape index (κ3) is 4.30. The summed E-state index contributed by atoms with van der Waals surface area (Å²) in [6.45, 7) is 7.85. The normalized spacial score (nSPS) is 18.3.